The van der Waals surface area contributed by atoms with Gasteiger partial charge in [-0.05, 0) is 16.7 Å². The lowest BCUT2D eigenvalue weighted by molar-refractivity contribution is -0.0298. The summed E-state index contributed by atoms with van der Waals surface area (Å²) < 4.78 is 12.2. The average molecular weight is 456 g/mol. The highest BCUT2D eigenvalue weighted by Crippen LogP contribution is 2.40. The van der Waals surface area contributed by atoms with Crippen molar-refractivity contribution in [3.8, 4) is 0 Å². The highest BCUT2D eigenvalue weighted by Gasteiger charge is 2.40. The lowest BCUT2D eigenvalue weighted by Crippen LogP contribution is -2.36. The number of ether oxygens (including phenoxy) is 2. The molecule has 1 fully saturated rings. The molecule has 0 aromatic heterocycles. The van der Waals surface area contributed by atoms with Crippen LogP contribution in [-0.4, -0.2) is 42.7 Å². The van der Waals surface area contributed by atoms with E-state index in [1.807, 2.05) is 54.6 Å². The number of cyclic esters (lactones) is 1. The third-order valence-corrected chi connectivity index (χ3v) is 5.50. The van der Waals surface area contributed by atoms with Gasteiger partial charge in [0.25, 0.3) is 0 Å². The number of benzene rings is 3. The molecule has 1 heterocycles. The van der Waals surface area contributed by atoms with Gasteiger partial charge in [0.15, 0.2) is 0 Å². The Morgan fingerprint density at radius 3 is 1.74 bits per heavy atom. The second-order valence-corrected chi connectivity index (χ2v) is 7.61. The van der Waals surface area contributed by atoms with Crippen molar-refractivity contribution in [3.63, 3.8) is 0 Å². The molecule has 0 unspecified atom stereocenters. The molecule has 162 valence electrons. The number of hydrogen-bond donors (Lipinski definition) is 0. The fourth-order valence-corrected chi connectivity index (χ4v) is 4.14. The molecule has 1 amide bonds. The molecule has 0 spiro atoms. The maximum absolute atomic E-state index is 12.1. The number of hydrogen-bond acceptors (Lipinski definition) is 3. The van der Waals surface area contributed by atoms with Crippen LogP contribution in [0.2, 0.25) is 0 Å². The number of carbonyl (C=O) groups excluding carboxylic acids is 1. The van der Waals surface area contributed by atoms with Crippen molar-refractivity contribution in [1.82, 2.24) is 4.90 Å². The highest BCUT2D eigenvalue weighted by atomic mass is 35.5. The topological polar surface area (TPSA) is 38.8 Å². The lowest BCUT2D eigenvalue weighted by Gasteiger charge is -2.36. The van der Waals surface area contributed by atoms with Gasteiger partial charge in [0.2, 0.25) is 0 Å². The minimum Gasteiger partial charge on any atom is -0.442 e. The zero-order chi connectivity index (χ0) is 20.8. The molecule has 3 aromatic rings. The zero-order valence-corrected chi connectivity index (χ0v) is 18.9. The number of alkyl halides is 1. The van der Waals surface area contributed by atoms with Crippen LogP contribution in [0, 0.1) is 0 Å². The maximum atomic E-state index is 12.1. The van der Waals surface area contributed by atoms with E-state index in [0.717, 1.165) is 16.7 Å². The van der Waals surface area contributed by atoms with E-state index in [-0.39, 0.29) is 32.3 Å². The molecule has 1 saturated heterocycles. The minimum absolute atomic E-state index is 0. The third-order valence-electron chi connectivity index (χ3n) is 5.33. The molecule has 31 heavy (non-hydrogen) atoms. The molecule has 0 N–H and O–H groups in total. The van der Waals surface area contributed by atoms with Crippen LogP contribution in [0.4, 0.5) is 4.79 Å². The van der Waals surface area contributed by atoms with E-state index in [2.05, 4.69) is 36.4 Å². The summed E-state index contributed by atoms with van der Waals surface area (Å²) in [5.74, 6) is 0.380. The van der Waals surface area contributed by atoms with Crippen molar-refractivity contribution in [3.05, 3.63) is 108 Å². The molecule has 1 aliphatic heterocycles. The van der Waals surface area contributed by atoms with Crippen molar-refractivity contribution >= 4 is 31.2 Å². The first-order chi connectivity index (χ1) is 14.7. The summed E-state index contributed by atoms with van der Waals surface area (Å²) in [6, 6.07) is 30.5. The Labute approximate surface area is 195 Å². The van der Waals surface area contributed by atoms with Crippen LogP contribution in [0.5, 0.6) is 0 Å². The van der Waals surface area contributed by atoms with Crippen molar-refractivity contribution < 1.29 is 14.3 Å². The van der Waals surface area contributed by atoms with E-state index in [1.54, 1.807) is 4.90 Å². The summed E-state index contributed by atoms with van der Waals surface area (Å²) >= 11 is 5.80. The SMILES string of the molecule is O=C1O[C@H](COC(c2ccccc2)(c2ccccc2)c2ccccc2)CN1CCCl.S. The standard InChI is InChI=1S/C25H24ClNO3.H2S/c26-16-17-27-18-23(30-24(27)28)19-29-25(20-10-4-1-5-11-20,21-12-6-2-7-13-21)22-14-8-3-9-15-22;/h1-15,23H,16-19H2;1H2/t23-;/m0./s1. The zero-order valence-electron chi connectivity index (χ0n) is 17.1. The Morgan fingerprint density at radius 1 is 0.871 bits per heavy atom. The van der Waals surface area contributed by atoms with Gasteiger partial charge in [0, 0.05) is 12.4 Å². The molecular weight excluding hydrogens is 430 g/mol. The van der Waals surface area contributed by atoms with Crippen molar-refractivity contribution in [2.75, 3.05) is 25.6 Å². The van der Waals surface area contributed by atoms with Gasteiger partial charge in [-0.3, -0.25) is 0 Å². The summed E-state index contributed by atoms with van der Waals surface area (Å²) in [5, 5.41) is 0. The first kappa shape index (κ1) is 23.2. The lowest BCUT2D eigenvalue weighted by atomic mass is 9.80. The van der Waals surface area contributed by atoms with Crippen LogP contribution >= 0.6 is 25.1 Å². The van der Waals surface area contributed by atoms with Gasteiger partial charge in [-0.1, -0.05) is 91.0 Å². The van der Waals surface area contributed by atoms with Gasteiger partial charge in [0.05, 0.1) is 13.2 Å². The average Bonchev–Trinajstić information content (AvgIpc) is 3.16. The molecular formula is C25H26ClNO3S. The largest absolute Gasteiger partial charge is 0.442 e. The van der Waals surface area contributed by atoms with Gasteiger partial charge in [-0.2, -0.15) is 13.5 Å². The smallest absolute Gasteiger partial charge is 0.410 e. The quantitative estimate of drug-likeness (QED) is 0.347. The predicted octanol–water partition coefficient (Wildman–Crippen LogP) is 5.17. The van der Waals surface area contributed by atoms with E-state index < -0.39 is 5.60 Å². The van der Waals surface area contributed by atoms with Crippen LogP contribution in [0.1, 0.15) is 16.7 Å². The van der Waals surface area contributed by atoms with Crippen LogP contribution in [0.15, 0.2) is 91.0 Å². The molecule has 1 aliphatic rings. The first-order valence-corrected chi connectivity index (χ1v) is 10.6. The van der Waals surface area contributed by atoms with Crippen molar-refractivity contribution in [2.24, 2.45) is 0 Å². The van der Waals surface area contributed by atoms with E-state index in [1.165, 1.54) is 0 Å². The number of rotatable bonds is 8. The number of nitrogens with zero attached hydrogens (tertiary/aromatic N) is 1. The minimum atomic E-state index is -0.823. The Balaban J connectivity index is 0.00000272. The second-order valence-electron chi connectivity index (χ2n) is 7.23. The van der Waals surface area contributed by atoms with Gasteiger partial charge in [-0.25, -0.2) is 4.79 Å². The fraction of sp³-hybridized carbons (Fsp3) is 0.240. The van der Waals surface area contributed by atoms with Crippen LogP contribution in [0.3, 0.4) is 0 Å². The summed E-state index contributed by atoms with van der Waals surface area (Å²) in [5.41, 5.74) is 2.23. The van der Waals surface area contributed by atoms with Crippen molar-refractivity contribution in [1.29, 1.82) is 0 Å². The molecule has 4 nitrogen and oxygen atoms in total. The molecule has 0 radical (unpaired) electrons. The molecule has 6 heteroatoms. The predicted molar refractivity (Wildman–Crippen MR) is 128 cm³/mol. The van der Waals surface area contributed by atoms with Gasteiger partial charge in [-0.15, -0.1) is 11.6 Å². The Kier molecular flexibility index (Phi) is 8.02. The second kappa shape index (κ2) is 10.7. The Morgan fingerprint density at radius 2 is 1.32 bits per heavy atom. The van der Waals surface area contributed by atoms with E-state index in [0.29, 0.717) is 19.0 Å². The number of carbonyl (C=O) groups is 1. The maximum Gasteiger partial charge on any atom is 0.410 e. The Hall–Kier alpha value is -2.47. The fourth-order valence-electron chi connectivity index (χ4n) is 3.93. The number of amides is 1. The van der Waals surface area contributed by atoms with E-state index >= 15 is 0 Å². The highest BCUT2D eigenvalue weighted by molar-refractivity contribution is 7.59. The van der Waals surface area contributed by atoms with E-state index in [4.69, 9.17) is 21.1 Å². The van der Waals surface area contributed by atoms with Crippen molar-refractivity contribution in [2.45, 2.75) is 11.7 Å². The van der Waals surface area contributed by atoms with Gasteiger partial charge in [0.1, 0.15) is 11.7 Å². The summed E-state index contributed by atoms with van der Waals surface area (Å²) in [6.45, 7) is 1.21. The summed E-state index contributed by atoms with van der Waals surface area (Å²) in [7, 11) is 0. The van der Waals surface area contributed by atoms with Crippen LogP contribution < -0.4 is 0 Å². The molecule has 1 atom stereocenters. The molecule has 4 rings (SSSR count). The normalized spacial score (nSPS) is 16.0. The molecule has 0 saturated carbocycles. The Bertz CT molecular complexity index is 860. The monoisotopic (exact) mass is 455 g/mol. The summed E-state index contributed by atoms with van der Waals surface area (Å²) in [4.78, 5) is 13.7. The van der Waals surface area contributed by atoms with Gasteiger partial charge >= 0.3 is 6.09 Å². The van der Waals surface area contributed by atoms with Gasteiger partial charge < -0.3 is 14.4 Å². The third kappa shape index (κ3) is 4.90. The van der Waals surface area contributed by atoms with Crippen LogP contribution in [-0.2, 0) is 15.1 Å². The van der Waals surface area contributed by atoms with Crippen LogP contribution in [0.25, 0.3) is 0 Å². The number of halogens is 1. The molecule has 0 aliphatic carbocycles. The molecule has 3 aromatic carbocycles. The molecule has 0 bridgehead atoms. The first-order valence-electron chi connectivity index (χ1n) is 10.1. The van der Waals surface area contributed by atoms with E-state index in [9.17, 15) is 4.79 Å². The summed E-state index contributed by atoms with van der Waals surface area (Å²) in [6.07, 6.45) is -0.690.